The predicted molar refractivity (Wildman–Crippen MR) is 96.0 cm³/mol. The Balaban J connectivity index is 1.67. The second-order valence-electron chi connectivity index (χ2n) is 5.29. The molecule has 0 spiro atoms. The molecule has 2 heterocycles. The molecule has 0 radical (unpaired) electrons. The van der Waals surface area contributed by atoms with Crippen molar-refractivity contribution in [2.24, 2.45) is 5.10 Å². The summed E-state index contributed by atoms with van der Waals surface area (Å²) >= 11 is 1.52. The Hall–Kier alpha value is -3.00. The number of nitrogens with one attached hydrogen (secondary N) is 2. The van der Waals surface area contributed by atoms with Crippen LogP contribution in [0.25, 0.3) is 10.2 Å². The van der Waals surface area contributed by atoms with Crippen molar-refractivity contribution in [2.45, 2.75) is 6.42 Å². The van der Waals surface area contributed by atoms with E-state index in [1.807, 2.05) is 30.3 Å². The third kappa shape index (κ3) is 2.56. The summed E-state index contributed by atoms with van der Waals surface area (Å²) in [6.45, 7) is 0.609. The van der Waals surface area contributed by atoms with E-state index in [9.17, 15) is 10.1 Å². The summed E-state index contributed by atoms with van der Waals surface area (Å²) in [4.78, 5) is 15.3. The summed E-state index contributed by atoms with van der Waals surface area (Å²) in [5.74, 6) is 0. The van der Waals surface area contributed by atoms with Crippen LogP contribution in [-0.4, -0.2) is 22.2 Å². The van der Waals surface area contributed by atoms with Crippen LogP contribution in [0, 0.1) is 10.1 Å². The van der Waals surface area contributed by atoms with Crippen LogP contribution in [0.1, 0.15) is 12.0 Å². The number of nitro benzene ring substituents is 1. The number of hydrazone groups is 1. The highest BCUT2D eigenvalue weighted by Crippen LogP contribution is 2.32. The van der Waals surface area contributed by atoms with Gasteiger partial charge in [-0.1, -0.05) is 35.6 Å². The highest BCUT2D eigenvalue weighted by atomic mass is 32.1. The summed E-state index contributed by atoms with van der Waals surface area (Å²) in [6.07, 6.45) is 0.687. The molecule has 0 bridgehead atoms. The van der Waals surface area contributed by atoms with Crippen molar-refractivity contribution in [3.63, 3.8) is 0 Å². The highest BCUT2D eigenvalue weighted by Gasteiger charge is 2.23. The van der Waals surface area contributed by atoms with E-state index in [1.54, 1.807) is 6.07 Å². The number of hydrogen-bond acceptors (Lipinski definition) is 7. The van der Waals surface area contributed by atoms with Gasteiger partial charge in [0.2, 0.25) is 5.13 Å². The molecule has 1 aromatic heterocycles. The molecule has 2 N–H and O–H groups in total. The van der Waals surface area contributed by atoms with Gasteiger partial charge in [-0.2, -0.15) is 5.10 Å². The Bertz CT molecular complexity index is 933. The molecule has 0 fully saturated rings. The van der Waals surface area contributed by atoms with Crippen molar-refractivity contribution in [1.82, 2.24) is 4.98 Å². The van der Waals surface area contributed by atoms with Crippen LogP contribution >= 0.6 is 11.3 Å². The van der Waals surface area contributed by atoms with Crippen LogP contribution in [0.5, 0.6) is 0 Å². The molecule has 0 unspecified atom stereocenters. The Morgan fingerprint density at radius 1 is 1.25 bits per heavy atom. The second kappa shape index (κ2) is 5.89. The van der Waals surface area contributed by atoms with Crippen LogP contribution < -0.4 is 10.7 Å². The number of nitro groups is 1. The zero-order chi connectivity index (χ0) is 16.5. The van der Waals surface area contributed by atoms with Crippen molar-refractivity contribution >= 4 is 43.8 Å². The second-order valence-corrected chi connectivity index (χ2v) is 6.32. The zero-order valence-corrected chi connectivity index (χ0v) is 13.3. The molecule has 3 aromatic rings. The number of anilines is 2. The number of fused-ring (bicyclic) bond motifs is 2. The van der Waals surface area contributed by atoms with Gasteiger partial charge in [0.1, 0.15) is 5.69 Å². The molecule has 120 valence electrons. The van der Waals surface area contributed by atoms with Crippen molar-refractivity contribution < 1.29 is 4.92 Å². The molecule has 0 aliphatic carbocycles. The van der Waals surface area contributed by atoms with E-state index < -0.39 is 0 Å². The first-order valence-electron chi connectivity index (χ1n) is 7.42. The van der Waals surface area contributed by atoms with Gasteiger partial charge in [-0.15, -0.1) is 0 Å². The maximum absolute atomic E-state index is 11.2. The molecule has 1 aliphatic rings. The van der Waals surface area contributed by atoms with Crippen LogP contribution in [0.4, 0.5) is 16.5 Å². The molecule has 0 atom stereocenters. The number of rotatable bonds is 3. The van der Waals surface area contributed by atoms with Crippen LogP contribution in [-0.2, 0) is 0 Å². The minimum absolute atomic E-state index is 0.0693. The molecule has 24 heavy (non-hydrogen) atoms. The van der Waals surface area contributed by atoms with Crippen LogP contribution in [0.15, 0.2) is 47.6 Å². The van der Waals surface area contributed by atoms with E-state index in [2.05, 4.69) is 20.8 Å². The van der Waals surface area contributed by atoms with Crippen molar-refractivity contribution in [3.05, 3.63) is 58.1 Å². The molecular formula is C16H13N5O2S. The van der Waals surface area contributed by atoms with Gasteiger partial charge in [-0.3, -0.25) is 15.5 Å². The fraction of sp³-hybridized carbons (Fsp3) is 0.125. The topological polar surface area (TPSA) is 92.5 Å². The number of hydrogen-bond donors (Lipinski definition) is 2. The smallest absolute Gasteiger partial charge is 0.293 e. The summed E-state index contributed by atoms with van der Waals surface area (Å²) < 4.78 is 1.08. The van der Waals surface area contributed by atoms with E-state index in [1.165, 1.54) is 17.4 Å². The fourth-order valence-electron chi connectivity index (χ4n) is 2.71. The standard InChI is InChI=1S/C16H13N5O2S/c22-21(23)13-6-3-4-10-11(8-9-17-15(10)13)19-20-16-18-12-5-1-2-7-14(12)24-16/h1-7,17H,8-9H2,(H,18,20)/b19-11+. The number of nitrogens with zero attached hydrogens (tertiary/aromatic N) is 3. The van der Waals surface area contributed by atoms with Crippen LogP contribution in [0.2, 0.25) is 0 Å². The first-order chi connectivity index (χ1) is 11.7. The van der Waals surface area contributed by atoms with Gasteiger partial charge in [-0.05, 0) is 12.1 Å². The third-order valence-electron chi connectivity index (χ3n) is 3.79. The summed E-state index contributed by atoms with van der Waals surface area (Å²) in [7, 11) is 0. The van der Waals surface area contributed by atoms with Crippen LogP contribution in [0.3, 0.4) is 0 Å². The summed E-state index contributed by atoms with van der Waals surface area (Å²) in [5.41, 5.74) is 6.05. The van der Waals surface area contributed by atoms with E-state index in [0.717, 1.165) is 21.5 Å². The maximum atomic E-state index is 11.2. The normalized spacial score (nSPS) is 15.1. The Morgan fingerprint density at radius 2 is 2.12 bits per heavy atom. The lowest BCUT2D eigenvalue weighted by molar-refractivity contribution is -0.384. The molecule has 8 heteroatoms. The van der Waals surface area contributed by atoms with Gasteiger partial charge in [0.25, 0.3) is 5.69 Å². The largest absolute Gasteiger partial charge is 0.379 e. The number of benzene rings is 2. The quantitative estimate of drug-likeness (QED) is 0.559. The Labute approximate surface area is 141 Å². The molecule has 7 nitrogen and oxygen atoms in total. The Morgan fingerprint density at radius 3 is 2.96 bits per heavy atom. The van der Waals surface area contributed by atoms with E-state index in [-0.39, 0.29) is 10.6 Å². The molecular weight excluding hydrogens is 326 g/mol. The minimum atomic E-state index is -0.379. The van der Waals surface area contributed by atoms with Gasteiger partial charge in [0.15, 0.2) is 0 Å². The summed E-state index contributed by atoms with van der Waals surface area (Å²) in [6, 6.07) is 12.9. The molecule has 2 aromatic carbocycles. The molecule has 1 aliphatic heterocycles. The average Bonchev–Trinajstić information content (AvgIpc) is 3.02. The van der Waals surface area contributed by atoms with E-state index in [0.29, 0.717) is 23.8 Å². The third-order valence-corrected chi connectivity index (χ3v) is 4.74. The lowest BCUT2D eigenvalue weighted by Gasteiger charge is -2.19. The highest BCUT2D eigenvalue weighted by molar-refractivity contribution is 7.22. The van der Waals surface area contributed by atoms with Gasteiger partial charge < -0.3 is 5.32 Å². The van der Waals surface area contributed by atoms with Gasteiger partial charge >= 0.3 is 0 Å². The van der Waals surface area contributed by atoms with Gasteiger partial charge in [0.05, 0.1) is 20.9 Å². The summed E-state index contributed by atoms with van der Waals surface area (Å²) in [5, 5.41) is 19.4. The fourth-order valence-corrected chi connectivity index (χ4v) is 3.52. The lowest BCUT2D eigenvalue weighted by atomic mass is 10.0. The molecule has 4 rings (SSSR count). The van der Waals surface area contributed by atoms with Crippen molar-refractivity contribution in [2.75, 3.05) is 17.3 Å². The Kier molecular flexibility index (Phi) is 3.58. The van der Waals surface area contributed by atoms with E-state index >= 15 is 0 Å². The zero-order valence-electron chi connectivity index (χ0n) is 12.5. The number of aromatic nitrogens is 1. The predicted octanol–water partition coefficient (Wildman–Crippen LogP) is 3.84. The van der Waals surface area contributed by atoms with Crippen molar-refractivity contribution in [1.29, 1.82) is 0 Å². The van der Waals surface area contributed by atoms with E-state index in [4.69, 9.17) is 0 Å². The molecule has 0 saturated heterocycles. The monoisotopic (exact) mass is 339 g/mol. The molecule has 0 saturated carbocycles. The SMILES string of the molecule is O=[N+]([O-])c1cccc2c1NCC/C2=N\Nc1nc2ccccc2s1. The van der Waals surface area contributed by atoms with Crippen molar-refractivity contribution in [3.8, 4) is 0 Å². The number of thiazole rings is 1. The number of para-hydroxylation sites is 2. The maximum Gasteiger partial charge on any atom is 0.293 e. The van der Waals surface area contributed by atoms with Gasteiger partial charge in [-0.25, -0.2) is 4.98 Å². The first kappa shape index (κ1) is 14.6. The minimum Gasteiger partial charge on any atom is -0.379 e. The van der Waals surface area contributed by atoms with Gasteiger partial charge in [0, 0.05) is 24.6 Å². The average molecular weight is 339 g/mol. The molecule has 0 amide bonds. The first-order valence-corrected chi connectivity index (χ1v) is 8.24. The lowest BCUT2D eigenvalue weighted by Crippen LogP contribution is -2.20.